The number of thiophene rings is 1. The average Bonchev–Trinajstić information content (AvgIpc) is 3.25. The monoisotopic (exact) mass is 381 g/mol. The van der Waals surface area contributed by atoms with Crippen molar-refractivity contribution in [3.05, 3.63) is 88.1 Å². The number of rotatable bonds is 7. The fourth-order valence-electron chi connectivity index (χ4n) is 2.64. The van der Waals surface area contributed by atoms with Crippen LogP contribution in [0.3, 0.4) is 0 Å². The number of ether oxygens (including phenoxy) is 2. The van der Waals surface area contributed by atoms with E-state index in [0.29, 0.717) is 5.75 Å². The van der Waals surface area contributed by atoms with E-state index >= 15 is 0 Å². The molecule has 0 spiro atoms. The van der Waals surface area contributed by atoms with Crippen molar-refractivity contribution >= 4 is 23.2 Å². The van der Waals surface area contributed by atoms with Crippen LogP contribution in [0.25, 0.3) is 0 Å². The predicted molar refractivity (Wildman–Crippen MR) is 104 cm³/mol. The van der Waals surface area contributed by atoms with Gasteiger partial charge in [0.25, 0.3) is 5.91 Å². The summed E-state index contributed by atoms with van der Waals surface area (Å²) in [6, 6.07) is 20.0. The number of para-hydroxylation sites is 1. The van der Waals surface area contributed by atoms with Crippen molar-refractivity contribution in [3.63, 3.8) is 0 Å². The Bertz CT molecular complexity index is 894. The van der Waals surface area contributed by atoms with Gasteiger partial charge in [-0.15, -0.1) is 11.3 Å². The Morgan fingerprint density at radius 3 is 2.44 bits per heavy atom. The van der Waals surface area contributed by atoms with Gasteiger partial charge in [0.15, 0.2) is 6.61 Å². The molecule has 5 nitrogen and oxygen atoms in total. The molecule has 1 N–H and O–H groups in total. The van der Waals surface area contributed by atoms with Crippen LogP contribution in [-0.4, -0.2) is 25.6 Å². The zero-order valence-corrected chi connectivity index (χ0v) is 15.6. The van der Waals surface area contributed by atoms with Gasteiger partial charge in [-0.05, 0) is 29.1 Å². The second-order valence-electron chi connectivity index (χ2n) is 5.70. The highest BCUT2D eigenvalue weighted by Gasteiger charge is 2.19. The van der Waals surface area contributed by atoms with E-state index in [4.69, 9.17) is 9.47 Å². The lowest BCUT2D eigenvalue weighted by Crippen LogP contribution is -2.32. The van der Waals surface area contributed by atoms with Crippen LogP contribution in [0.1, 0.15) is 26.8 Å². The van der Waals surface area contributed by atoms with E-state index in [1.54, 1.807) is 35.6 Å². The van der Waals surface area contributed by atoms with Crippen LogP contribution >= 0.6 is 11.3 Å². The van der Waals surface area contributed by atoms with Crippen LogP contribution in [0.4, 0.5) is 0 Å². The van der Waals surface area contributed by atoms with Gasteiger partial charge in [0.1, 0.15) is 11.3 Å². The van der Waals surface area contributed by atoms with Crippen molar-refractivity contribution in [2.45, 2.75) is 6.04 Å². The SMILES string of the molecule is COc1ccccc1C(=O)OCC(=O)N[C@@H](c1ccccc1)c1cccs1. The van der Waals surface area contributed by atoms with Crippen LogP contribution < -0.4 is 10.1 Å². The fraction of sp³-hybridized carbons (Fsp3) is 0.143. The highest BCUT2D eigenvalue weighted by Crippen LogP contribution is 2.26. The number of benzene rings is 2. The van der Waals surface area contributed by atoms with Crippen molar-refractivity contribution < 1.29 is 19.1 Å². The Kier molecular flexibility index (Phi) is 6.22. The summed E-state index contributed by atoms with van der Waals surface area (Å²) < 4.78 is 10.3. The number of hydrogen-bond donors (Lipinski definition) is 1. The minimum atomic E-state index is -0.602. The van der Waals surface area contributed by atoms with Gasteiger partial charge in [-0.25, -0.2) is 4.79 Å². The van der Waals surface area contributed by atoms with E-state index < -0.39 is 5.97 Å². The van der Waals surface area contributed by atoms with Crippen LogP contribution in [0.5, 0.6) is 5.75 Å². The molecule has 6 heteroatoms. The molecule has 0 aliphatic heterocycles. The van der Waals surface area contributed by atoms with E-state index in [-0.39, 0.29) is 24.1 Å². The molecule has 0 bridgehead atoms. The first-order valence-corrected chi connectivity index (χ1v) is 9.25. The first kappa shape index (κ1) is 18.7. The Balaban J connectivity index is 1.66. The zero-order valence-electron chi connectivity index (χ0n) is 14.8. The van der Waals surface area contributed by atoms with Crippen molar-refractivity contribution in [3.8, 4) is 5.75 Å². The largest absolute Gasteiger partial charge is 0.496 e. The van der Waals surface area contributed by atoms with E-state index in [0.717, 1.165) is 10.4 Å². The van der Waals surface area contributed by atoms with Crippen molar-refractivity contribution in [1.29, 1.82) is 0 Å². The fourth-order valence-corrected chi connectivity index (χ4v) is 3.45. The normalized spacial score (nSPS) is 11.4. The van der Waals surface area contributed by atoms with E-state index in [9.17, 15) is 9.59 Å². The summed E-state index contributed by atoms with van der Waals surface area (Å²) in [5.41, 5.74) is 1.25. The van der Waals surface area contributed by atoms with Crippen LogP contribution in [-0.2, 0) is 9.53 Å². The lowest BCUT2D eigenvalue weighted by molar-refractivity contribution is -0.124. The summed E-state index contributed by atoms with van der Waals surface area (Å²) >= 11 is 1.56. The summed E-state index contributed by atoms with van der Waals surface area (Å²) in [6.07, 6.45) is 0. The molecule has 3 rings (SSSR count). The number of amides is 1. The Labute approximate surface area is 161 Å². The average molecular weight is 381 g/mol. The van der Waals surface area contributed by atoms with Crippen LogP contribution in [0, 0.1) is 0 Å². The highest BCUT2D eigenvalue weighted by molar-refractivity contribution is 7.10. The quantitative estimate of drug-likeness (QED) is 0.632. The molecule has 138 valence electrons. The summed E-state index contributed by atoms with van der Waals surface area (Å²) in [5, 5.41) is 4.89. The molecule has 0 saturated carbocycles. The van der Waals surface area contributed by atoms with Crippen LogP contribution in [0.2, 0.25) is 0 Å². The molecule has 1 amide bonds. The van der Waals surface area contributed by atoms with Gasteiger partial charge >= 0.3 is 5.97 Å². The maximum Gasteiger partial charge on any atom is 0.342 e. The number of carbonyl (C=O) groups is 2. The third-order valence-corrected chi connectivity index (χ3v) is 4.86. The maximum absolute atomic E-state index is 12.4. The lowest BCUT2D eigenvalue weighted by Gasteiger charge is -2.18. The van der Waals surface area contributed by atoms with Gasteiger partial charge in [0, 0.05) is 4.88 Å². The minimum absolute atomic E-state index is 0.283. The van der Waals surface area contributed by atoms with Crippen LogP contribution in [0.15, 0.2) is 72.1 Å². The number of esters is 1. The maximum atomic E-state index is 12.4. The van der Waals surface area contributed by atoms with Gasteiger partial charge in [-0.1, -0.05) is 48.5 Å². The number of methoxy groups -OCH3 is 1. The molecular weight excluding hydrogens is 362 g/mol. The molecule has 1 aromatic heterocycles. The highest BCUT2D eigenvalue weighted by atomic mass is 32.1. The number of nitrogens with one attached hydrogen (secondary N) is 1. The first-order valence-electron chi connectivity index (χ1n) is 8.37. The molecule has 0 saturated heterocycles. The topological polar surface area (TPSA) is 64.6 Å². The van der Waals surface area contributed by atoms with Gasteiger partial charge in [0.2, 0.25) is 0 Å². The Morgan fingerprint density at radius 2 is 1.74 bits per heavy atom. The summed E-state index contributed by atoms with van der Waals surface area (Å²) in [5.74, 6) is -0.570. The number of hydrogen-bond acceptors (Lipinski definition) is 5. The predicted octanol–water partition coefficient (Wildman–Crippen LogP) is 3.82. The Hall–Kier alpha value is -3.12. The molecule has 0 unspecified atom stereocenters. The summed E-state index contributed by atoms with van der Waals surface area (Å²) in [7, 11) is 1.48. The molecule has 1 atom stereocenters. The smallest absolute Gasteiger partial charge is 0.342 e. The summed E-state index contributed by atoms with van der Waals surface area (Å²) in [4.78, 5) is 25.6. The summed E-state index contributed by atoms with van der Waals surface area (Å²) in [6.45, 7) is -0.369. The second-order valence-corrected chi connectivity index (χ2v) is 6.68. The third-order valence-electron chi connectivity index (χ3n) is 3.93. The van der Waals surface area contributed by atoms with Crippen molar-refractivity contribution in [1.82, 2.24) is 5.32 Å². The minimum Gasteiger partial charge on any atom is -0.496 e. The van der Waals surface area contributed by atoms with Gasteiger partial charge in [-0.3, -0.25) is 4.79 Å². The van der Waals surface area contributed by atoms with Crippen molar-refractivity contribution in [2.24, 2.45) is 0 Å². The first-order chi connectivity index (χ1) is 13.2. The molecule has 0 radical (unpaired) electrons. The lowest BCUT2D eigenvalue weighted by atomic mass is 10.1. The molecule has 1 heterocycles. The zero-order chi connectivity index (χ0) is 19.1. The molecule has 27 heavy (non-hydrogen) atoms. The van der Waals surface area contributed by atoms with E-state index in [1.807, 2.05) is 47.8 Å². The third kappa shape index (κ3) is 4.74. The molecular formula is C21H19NO4S. The molecule has 3 aromatic rings. The molecule has 0 aliphatic rings. The molecule has 0 fully saturated rings. The standard InChI is InChI=1S/C21H19NO4S/c1-25-17-11-6-5-10-16(17)21(24)26-14-19(23)22-20(18-12-7-13-27-18)15-8-3-2-4-9-15/h2-13,20H,14H2,1H3,(H,22,23)/t20-/m0/s1. The van der Waals surface area contributed by atoms with E-state index in [2.05, 4.69) is 5.32 Å². The number of carbonyl (C=O) groups excluding carboxylic acids is 2. The van der Waals surface area contributed by atoms with Gasteiger partial charge in [-0.2, -0.15) is 0 Å². The van der Waals surface area contributed by atoms with Gasteiger partial charge in [0.05, 0.1) is 13.2 Å². The van der Waals surface area contributed by atoms with Crippen molar-refractivity contribution in [2.75, 3.05) is 13.7 Å². The Morgan fingerprint density at radius 1 is 1.00 bits per heavy atom. The second kappa shape index (κ2) is 9.00. The molecule has 0 aliphatic carbocycles. The molecule has 2 aromatic carbocycles. The van der Waals surface area contributed by atoms with Gasteiger partial charge < -0.3 is 14.8 Å². The van der Waals surface area contributed by atoms with E-state index in [1.165, 1.54) is 7.11 Å².